The van der Waals surface area contributed by atoms with Crippen LogP contribution in [0, 0.1) is 11.8 Å². The fraction of sp³-hybridized carbons (Fsp3) is 1.00. The molecule has 0 aromatic rings. The standard InChI is InChI=1S/C11H24O/c1-5-8-9(4)11(12)10(6-2)7-3/h9-12H,5-8H2,1-4H3. The maximum atomic E-state index is 9.91. The van der Waals surface area contributed by atoms with Gasteiger partial charge in [0.05, 0.1) is 6.10 Å². The van der Waals surface area contributed by atoms with Crippen molar-refractivity contribution in [3.8, 4) is 0 Å². The van der Waals surface area contributed by atoms with E-state index >= 15 is 0 Å². The van der Waals surface area contributed by atoms with E-state index in [2.05, 4.69) is 27.7 Å². The molecule has 0 aromatic heterocycles. The lowest BCUT2D eigenvalue weighted by Crippen LogP contribution is -2.26. The van der Waals surface area contributed by atoms with E-state index in [-0.39, 0.29) is 6.10 Å². The smallest absolute Gasteiger partial charge is 0.0593 e. The van der Waals surface area contributed by atoms with Crippen LogP contribution in [0.4, 0.5) is 0 Å². The van der Waals surface area contributed by atoms with Gasteiger partial charge in [0.1, 0.15) is 0 Å². The highest BCUT2D eigenvalue weighted by atomic mass is 16.3. The summed E-state index contributed by atoms with van der Waals surface area (Å²) in [7, 11) is 0. The van der Waals surface area contributed by atoms with Crippen LogP contribution in [-0.2, 0) is 0 Å². The normalized spacial score (nSPS) is 16.5. The number of hydrogen-bond acceptors (Lipinski definition) is 1. The van der Waals surface area contributed by atoms with E-state index in [1.54, 1.807) is 0 Å². The van der Waals surface area contributed by atoms with Gasteiger partial charge in [-0.1, -0.05) is 47.0 Å². The first kappa shape index (κ1) is 12.0. The van der Waals surface area contributed by atoms with Crippen molar-refractivity contribution in [3.05, 3.63) is 0 Å². The first-order valence-electron chi connectivity index (χ1n) is 5.35. The summed E-state index contributed by atoms with van der Waals surface area (Å²) in [5.74, 6) is 0.978. The molecule has 0 radical (unpaired) electrons. The number of aliphatic hydroxyl groups excluding tert-OH is 1. The molecular weight excluding hydrogens is 148 g/mol. The van der Waals surface area contributed by atoms with E-state index in [1.165, 1.54) is 6.42 Å². The van der Waals surface area contributed by atoms with Crippen LogP contribution in [0.2, 0.25) is 0 Å². The fourth-order valence-corrected chi connectivity index (χ4v) is 1.86. The molecule has 0 aliphatic heterocycles. The number of rotatable bonds is 6. The zero-order valence-corrected chi connectivity index (χ0v) is 9.01. The van der Waals surface area contributed by atoms with Crippen molar-refractivity contribution in [3.63, 3.8) is 0 Å². The second-order valence-corrected chi connectivity index (χ2v) is 3.83. The first-order valence-corrected chi connectivity index (χ1v) is 5.35. The summed E-state index contributed by atoms with van der Waals surface area (Å²) in [5, 5.41) is 9.91. The van der Waals surface area contributed by atoms with Gasteiger partial charge in [0.25, 0.3) is 0 Å². The van der Waals surface area contributed by atoms with Gasteiger partial charge in [-0.2, -0.15) is 0 Å². The molecule has 1 nitrogen and oxygen atoms in total. The Hall–Kier alpha value is -0.0400. The maximum Gasteiger partial charge on any atom is 0.0593 e. The average molecular weight is 172 g/mol. The Morgan fingerprint density at radius 1 is 1.08 bits per heavy atom. The Morgan fingerprint density at radius 2 is 1.58 bits per heavy atom. The van der Waals surface area contributed by atoms with E-state index in [0.717, 1.165) is 19.3 Å². The van der Waals surface area contributed by atoms with Crippen LogP contribution in [0.3, 0.4) is 0 Å². The van der Waals surface area contributed by atoms with Gasteiger partial charge < -0.3 is 5.11 Å². The molecule has 1 N–H and O–H groups in total. The summed E-state index contributed by atoms with van der Waals surface area (Å²) in [6.07, 6.45) is 4.45. The molecule has 2 unspecified atom stereocenters. The highest BCUT2D eigenvalue weighted by Gasteiger charge is 2.20. The molecule has 0 amide bonds. The number of hydrogen-bond donors (Lipinski definition) is 1. The molecule has 0 aliphatic rings. The van der Waals surface area contributed by atoms with Crippen molar-refractivity contribution in [2.75, 3.05) is 0 Å². The van der Waals surface area contributed by atoms with Gasteiger partial charge in [0, 0.05) is 0 Å². The topological polar surface area (TPSA) is 20.2 Å². The first-order chi connectivity index (χ1) is 5.67. The van der Waals surface area contributed by atoms with E-state index in [0.29, 0.717) is 11.8 Å². The minimum Gasteiger partial charge on any atom is -0.393 e. The van der Waals surface area contributed by atoms with Crippen molar-refractivity contribution in [1.82, 2.24) is 0 Å². The van der Waals surface area contributed by atoms with Gasteiger partial charge in [-0.05, 0) is 18.3 Å². The number of aliphatic hydroxyl groups is 1. The van der Waals surface area contributed by atoms with Gasteiger partial charge >= 0.3 is 0 Å². The van der Waals surface area contributed by atoms with E-state index < -0.39 is 0 Å². The predicted molar refractivity (Wildman–Crippen MR) is 54.2 cm³/mol. The SMILES string of the molecule is CCCC(C)C(O)C(CC)CC. The summed E-state index contributed by atoms with van der Waals surface area (Å²) in [5.41, 5.74) is 0. The van der Waals surface area contributed by atoms with Gasteiger partial charge in [-0.15, -0.1) is 0 Å². The third-order valence-electron chi connectivity index (χ3n) is 2.86. The van der Waals surface area contributed by atoms with Gasteiger partial charge in [-0.25, -0.2) is 0 Å². The van der Waals surface area contributed by atoms with Crippen molar-refractivity contribution < 1.29 is 5.11 Å². The second-order valence-electron chi connectivity index (χ2n) is 3.83. The molecule has 0 bridgehead atoms. The van der Waals surface area contributed by atoms with Crippen LogP contribution in [0.5, 0.6) is 0 Å². The Morgan fingerprint density at radius 3 is 1.92 bits per heavy atom. The Labute approximate surface area is 77.2 Å². The highest BCUT2D eigenvalue weighted by molar-refractivity contribution is 4.71. The lowest BCUT2D eigenvalue weighted by atomic mass is 9.86. The molecule has 0 saturated carbocycles. The predicted octanol–water partition coefficient (Wildman–Crippen LogP) is 3.22. The van der Waals surface area contributed by atoms with E-state index in [9.17, 15) is 5.11 Å². The maximum absolute atomic E-state index is 9.91. The van der Waals surface area contributed by atoms with Crippen molar-refractivity contribution in [2.24, 2.45) is 11.8 Å². The lowest BCUT2D eigenvalue weighted by Gasteiger charge is -2.25. The zero-order valence-electron chi connectivity index (χ0n) is 9.01. The highest BCUT2D eigenvalue weighted by Crippen LogP contribution is 2.22. The molecule has 0 aromatic carbocycles. The minimum absolute atomic E-state index is 0.0834. The Bertz CT molecular complexity index is 97.2. The van der Waals surface area contributed by atoms with Gasteiger partial charge in [0.15, 0.2) is 0 Å². The summed E-state index contributed by atoms with van der Waals surface area (Å²) in [6.45, 7) is 8.66. The molecule has 12 heavy (non-hydrogen) atoms. The quantitative estimate of drug-likeness (QED) is 0.652. The molecule has 0 fully saturated rings. The van der Waals surface area contributed by atoms with Gasteiger partial charge in [-0.3, -0.25) is 0 Å². The molecule has 0 rings (SSSR count). The monoisotopic (exact) mass is 172 g/mol. The van der Waals surface area contributed by atoms with Crippen molar-refractivity contribution in [1.29, 1.82) is 0 Å². The van der Waals surface area contributed by atoms with Crippen LogP contribution in [-0.4, -0.2) is 11.2 Å². The molecule has 0 spiro atoms. The Kier molecular flexibility index (Phi) is 6.45. The summed E-state index contributed by atoms with van der Waals surface area (Å²) < 4.78 is 0. The Balaban J connectivity index is 3.87. The third kappa shape index (κ3) is 3.57. The van der Waals surface area contributed by atoms with E-state index in [4.69, 9.17) is 0 Å². The van der Waals surface area contributed by atoms with Crippen molar-refractivity contribution >= 4 is 0 Å². The molecule has 0 aliphatic carbocycles. The average Bonchev–Trinajstić information content (AvgIpc) is 2.07. The largest absolute Gasteiger partial charge is 0.393 e. The molecular formula is C11H24O. The van der Waals surface area contributed by atoms with Crippen LogP contribution < -0.4 is 0 Å². The molecule has 1 heteroatoms. The summed E-state index contributed by atoms with van der Waals surface area (Å²) in [6, 6.07) is 0. The summed E-state index contributed by atoms with van der Waals surface area (Å²) >= 11 is 0. The van der Waals surface area contributed by atoms with Crippen LogP contribution in [0.15, 0.2) is 0 Å². The molecule has 0 heterocycles. The van der Waals surface area contributed by atoms with Crippen LogP contribution in [0.25, 0.3) is 0 Å². The van der Waals surface area contributed by atoms with Gasteiger partial charge in [0.2, 0.25) is 0 Å². The zero-order chi connectivity index (χ0) is 9.56. The van der Waals surface area contributed by atoms with E-state index in [1.807, 2.05) is 0 Å². The minimum atomic E-state index is -0.0834. The molecule has 74 valence electrons. The lowest BCUT2D eigenvalue weighted by molar-refractivity contribution is 0.0497. The van der Waals surface area contributed by atoms with Crippen molar-refractivity contribution in [2.45, 2.75) is 59.5 Å². The van der Waals surface area contributed by atoms with Crippen LogP contribution >= 0.6 is 0 Å². The fourth-order valence-electron chi connectivity index (χ4n) is 1.86. The van der Waals surface area contributed by atoms with Crippen LogP contribution in [0.1, 0.15) is 53.4 Å². The molecule has 0 saturated heterocycles. The second kappa shape index (κ2) is 6.47. The molecule has 2 atom stereocenters. The summed E-state index contributed by atoms with van der Waals surface area (Å²) in [4.78, 5) is 0. The third-order valence-corrected chi connectivity index (χ3v) is 2.86.